The molecule has 3 N–H and O–H groups in total. The molecule has 0 bridgehead atoms. The smallest absolute Gasteiger partial charge is 0.0370 e. The van der Waals surface area contributed by atoms with E-state index >= 15 is 0 Å². The molecule has 2 aliphatic rings. The number of piperazine rings is 1. The van der Waals surface area contributed by atoms with E-state index in [1.807, 2.05) is 0 Å². The van der Waals surface area contributed by atoms with Crippen LogP contribution in [-0.4, -0.2) is 26.2 Å². The van der Waals surface area contributed by atoms with Crippen molar-refractivity contribution in [1.82, 2.24) is 5.32 Å². The lowest BCUT2D eigenvalue weighted by atomic mass is 10.1. The molecule has 1 aromatic rings. The summed E-state index contributed by atoms with van der Waals surface area (Å²) in [6, 6.07) is 7.07. The van der Waals surface area contributed by atoms with Gasteiger partial charge in [0.05, 0.1) is 0 Å². The van der Waals surface area contributed by atoms with Crippen molar-refractivity contribution in [3.8, 4) is 0 Å². The topological polar surface area (TPSA) is 41.3 Å². The maximum Gasteiger partial charge on any atom is 0.0370 e. The van der Waals surface area contributed by atoms with Gasteiger partial charge in [0.1, 0.15) is 0 Å². The summed E-state index contributed by atoms with van der Waals surface area (Å²) in [6.07, 6.45) is 2.26. The van der Waals surface area contributed by atoms with Crippen molar-refractivity contribution in [3.05, 3.63) is 29.3 Å². The van der Waals surface area contributed by atoms with Crippen molar-refractivity contribution in [1.29, 1.82) is 0 Å². The van der Waals surface area contributed by atoms with Gasteiger partial charge in [-0.25, -0.2) is 0 Å². The zero-order valence-corrected chi connectivity index (χ0v) is 9.58. The molecule has 16 heavy (non-hydrogen) atoms. The normalized spacial score (nSPS) is 24.6. The molecule has 3 rings (SSSR count). The van der Waals surface area contributed by atoms with E-state index in [0.717, 1.165) is 39.0 Å². The number of rotatable bonds is 1. The minimum absolute atomic E-state index is 0.270. The van der Waals surface area contributed by atoms with Crippen LogP contribution in [-0.2, 0) is 6.42 Å². The molecule has 0 radical (unpaired) electrons. The van der Waals surface area contributed by atoms with Gasteiger partial charge in [0.25, 0.3) is 0 Å². The molecule has 1 saturated heterocycles. The van der Waals surface area contributed by atoms with Crippen LogP contribution in [0, 0.1) is 0 Å². The SMILES string of the molecule is NC1CCc2cc(N3CCNCC3)ccc21. The molecule has 1 aliphatic heterocycles. The molecule has 1 fully saturated rings. The zero-order valence-electron chi connectivity index (χ0n) is 9.58. The number of nitrogens with zero attached hydrogens (tertiary/aromatic N) is 1. The number of anilines is 1. The van der Waals surface area contributed by atoms with E-state index in [1.165, 1.54) is 16.8 Å². The third-order valence-corrected chi connectivity index (χ3v) is 3.73. The number of nitrogens with one attached hydrogen (secondary N) is 1. The molecule has 0 spiro atoms. The summed E-state index contributed by atoms with van der Waals surface area (Å²) in [5, 5.41) is 3.38. The number of hydrogen-bond donors (Lipinski definition) is 2. The summed E-state index contributed by atoms with van der Waals surface area (Å²) in [5.74, 6) is 0. The van der Waals surface area contributed by atoms with Crippen LogP contribution >= 0.6 is 0 Å². The van der Waals surface area contributed by atoms with Gasteiger partial charge in [-0.2, -0.15) is 0 Å². The Labute approximate surface area is 96.6 Å². The third kappa shape index (κ3) is 1.70. The third-order valence-electron chi connectivity index (χ3n) is 3.73. The van der Waals surface area contributed by atoms with E-state index in [0.29, 0.717) is 0 Å². The van der Waals surface area contributed by atoms with Crippen LogP contribution in [0.15, 0.2) is 18.2 Å². The Hall–Kier alpha value is -1.06. The van der Waals surface area contributed by atoms with Gasteiger partial charge in [-0.1, -0.05) is 6.07 Å². The molecule has 1 aromatic carbocycles. The molecular weight excluding hydrogens is 198 g/mol. The van der Waals surface area contributed by atoms with Crippen LogP contribution in [0.2, 0.25) is 0 Å². The Bertz CT molecular complexity index is 383. The Morgan fingerprint density at radius 2 is 2.06 bits per heavy atom. The molecule has 1 atom stereocenters. The first-order valence-electron chi connectivity index (χ1n) is 6.19. The van der Waals surface area contributed by atoms with Crippen LogP contribution in [0.4, 0.5) is 5.69 Å². The van der Waals surface area contributed by atoms with E-state index in [9.17, 15) is 0 Å². The second-order valence-electron chi connectivity index (χ2n) is 4.77. The minimum atomic E-state index is 0.270. The molecule has 1 unspecified atom stereocenters. The summed E-state index contributed by atoms with van der Waals surface area (Å²) in [5.41, 5.74) is 10.2. The standard InChI is InChI=1S/C13H19N3/c14-13-4-1-10-9-11(2-3-12(10)13)16-7-5-15-6-8-16/h2-3,9,13,15H,1,4-8,14H2. The fourth-order valence-electron chi connectivity index (χ4n) is 2.76. The predicted octanol–water partition coefficient (Wildman–Crippen LogP) is 1.04. The molecular formula is C13H19N3. The maximum absolute atomic E-state index is 6.05. The summed E-state index contributed by atoms with van der Waals surface area (Å²) < 4.78 is 0. The van der Waals surface area contributed by atoms with Crippen molar-refractivity contribution in [2.45, 2.75) is 18.9 Å². The quantitative estimate of drug-likeness (QED) is 0.738. The number of fused-ring (bicyclic) bond motifs is 1. The van der Waals surface area contributed by atoms with Gasteiger partial charge in [-0.3, -0.25) is 0 Å². The highest BCUT2D eigenvalue weighted by molar-refractivity contribution is 5.53. The van der Waals surface area contributed by atoms with E-state index < -0.39 is 0 Å². The van der Waals surface area contributed by atoms with Gasteiger partial charge in [0.15, 0.2) is 0 Å². The lowest BCUT2D eigenvalue weighted by molar-refractivity contribution is 0.589. The highest BCUT2D eigenvalue weighted by atomic mass is 15.2. The van der Waals surface area contributed by atoms with E-state index in [-0.39, 0.29) is 6.04 Å². The molecule has 86 valence electrons. The Morgan fingerprint density at radius 3 is 2.88 bits per heavy atom. The van der Waals surface area contributed by atoms with Crippen LogP contribution in [0.3, 0.4) is 0 Å². The van der Waals surface area contributed by atoms with Crippen LogP contribution in [0.25, 0.3) is 0 Å². The lowest BCUT2D eigenvalue weighted by Crippen LogP contribution is -2.43. The van der Waals surface area contributed by atoms with Gasteiger partial charge in [0.2, 0.25) is 0 Å². The number of nitrogens with two attached hydrogens (primary N) is 1. The molecule has 0 aromatic heterocycles. The van der Waals surface area contributed by atoms with Gasteiger partial charge < -0.3 is 16.0 Å². The molecule has 3 nitrogen and oxygen atoms in total. The fourth-order valence-corrected chi connectivity index (χ4v) is 2.76. The van der Waals surface area contributed by atoms with Crippen LogP contribution in [0.1, 0.15) is 23.6 Å². The predicted molar refractivity (Wildman–Crippen MR) is 66.8 cm³/mol. The Morgan fingerprint density at radius 1 is 1.25 bits per heavy atom. The first-order valence-corrected chi connectivity index (χ1v) is 6.19. The Kier molecular flexibility index (Phi) is 2.58. The van der Waals surface area contributed by atoms with Gasteiger partial charge in [-0.15, -0.1) is 0 Å². The zero-order chi connectivity index (χ0) is 11.0. The number of aryl methyl sites for hydroxylation is 1. The molecule has 3 heteroatoms. The summed E-state index contributed by atoms with van der Waals surface area (Å²) in [7, 11) is 0. The Balaban J connectivity index is 1.86. The monoisotopic (exact) mass is 217 g/mol. The van der Waals surface area contributed by atoms with Crippen molar-refractivity contribution in [2.24, 2.45) is 5.73 Å². The minimum Gasteiger partial charge on any atom is -0.369 e. The fraction of sp³-hybridized carbons (Fsp3) is 0.538. The van der Waals surface area contributed by atoms with Crippen LogP contribution < -0.4 is 16.0 Å². The average Bonchev–Trinajstić information content (AvgIpc) is 2.72. The van der Waals surface area contributed by atoms with Crippen molar-refractivity contribution < 1.29 is 0 Å². The van der Waals surface area contributed by atoms with Crippen molar-refractivity contribution in [3.63, 3.8) is 0 Å². The summed E-state index contributed by atoms with van der Waals surface area (Å²) >= 11 is 0. The number of hydrogen-bond acceptors (Lipinski definition) is 3. The van der Waals surface area contributed by atoms with Gasteiger partial charge >= 0.3 is 0 Å². The van der Waals surface area contributed by atoms with Gasteiger partial charge in [-0.05, 0) is 36.1 Å². The first-order chi connectivity index (χ1) is 7.84. The molecule has 0 amide bonds. The lowest BCUT2D eigenvalue weighted by Gasteiger charge is -2.29. The van der Waals surface area contributed by atoms with Crippen molar-refractivity contribution in [2.75, 3.05) is 31.1 Å². The second kappa shape index (κ2) is 4.07. The van der Waals surface area contributed by atoms with Crippen molar-refractivity contribution >= 4 is 5.69 Å². The van der Waals surface area contributed by atoms with E-state index in [4.69, 9.17) is 5.73 Å². The molecule has 1 aliphatic carbocycles. The number of benzene rings is 1. The first kappa shape index (κ1) is 10.1. The van der Waals surface area contributed by atoms with E-state index in [2.05, 4.69) is 28.4 Å². The average molecular weight is 217 g/mol. The van der Waals surface area contributed by atoms with E-state index in [1.54, 1.807) is 0 Å². The van der Waals surface area contributed by atoms with Gasteiger partial charge in [0, 0.05) is 37.9 Å². The maximum atomic E-state index is 6.05. The highest BCUT2D eigenvalue weighted by Gasteiger charge is 2.20. The largest absolute Gasteiger partial charge is 0.369 e. The molecule has 0 saturated carbocycles. The second-order valence-corrected chi connectivity index (χ2v) is 4.77. The highest BCUT2D eigenvalue weighted by Crippen LogP contribution is 2.32. The van der Waals surface area contributed by atoms with Crippen LogP contribution in [0.5, 0.6) is 0 Å². The summed E-state index contributed by atoms with van der Waals surface area (Å²) in [4.78, 5) is 2.46. The summed E-state index contributed by atoms with van der Waals surface area (Å²) in [6.45, 7) is 4.42. The molecule has 1 heterocycles.